The molecule has 1 saturated heterocycles. The van der Waals surface area contributed by atoms with Gasteiger partial charge in [0.2, 0.25) is 5.65 Å². The lowest BCUT2D eigenvalue weighted by atomic mass is 9.79. The van der Waals surface area contributed by atoms with Crippen LogP contribution >= 0.6 is 11.6 Å². The van der Waals surface area contributed by atoms with Gasteiger partial charge in [-0.25, -0.2) is 9.97 Å². The molecule has 2 unspecified atom stereocenters. The summed E-state index contributed by atoms with van der Waals surface area (Å²) in [5.74, 6) is 0.0921. The third-order valence-electron chi connectivity index (χ3n) is 4.57. The van der Waals surface area contributed by atoms with Crippen LogP contribution in [0.5, 0.6) is 0 Å². The largest absolute Gasteiger partial charge is 0.325 e. The van der Waals surface area contributed by atoms with Crippen molar-refractivity contribution in [2.24, 2.45) is 5.73 Å². The van der Waals surface area contributed by atoms with Crippen molar-refractivity contribution in [3.63, 3.8) is 0 Å². The fraction of sp³-hybridized carbons (Fsp3) is 0.400. The standard InChI is InChI=1S/C15H17ClN8/c1-15(17)3-5-18-6-9(15)10-7-19-12-11(22-24-14(12)21-10)8-2-4-20-23-13(8)16/h2,4,7,9,18H,3,5-6,17H2,1H3,(H,21,22,24). The van der Waals surface area contributed by atoms with E-state index >= 15 is 0 Å². The van der Waals surface area contributed by atoms with Gasteiger partial charge in [-0.1, -0.05) is 11.6 Å². The van der Waals surface area contributed by atoms with Crippen molar-refractivity contribution in [2.45, 2.75) is 24.8 Å². The molecule has 0 spiro atoms. The van der Waals surface area contributed by atoms with Crippen LogP contribution in [0.15, 0.2) is 18.5 Å². The molecule has 4 heterocycles. The Morgan fingerprint density at radius 3 is 3.08 bits per heavy atom. The van der Waals surface area contributed by atoms with Crippen molar-refractivity contribution >= 4 is 22.8 Å². The van der Waals surface area contributed by atoms with Gasteiger partial charge >= 0.3 is 0 Å². The number of fused-ring (bicyclic) bond motifs is 1. The van der Waals surface area contributed by atoms with E-state index in [-0.39, 0.29) is 11.5 Å². The Hall–Kier alpha value is -2.16. The molecule has 0 amide bonds. The molecule has 3 aromatic rings. The number of nitrogens with one attached hydrogen (secondary N) is 2. The van der Waals surface area contributed by atoms with E-state index in [1.54, 1.807) is 18.5 Å². The minimum atomic E-state index is -0.314. The van der Waals surface area contributed by atoms with Gasteiger partial charge < -0.3 is 11.1 Å². The van der Waals surface area contributed by atoms with Gasteiger partial charge in [-0.2, -0.15) is 10.2 Å². The van der Waals surface area contributed by atoms with Crippen molar-refractivity contribution in [1.82, 2.24) is 35.7 Å². The lowest BCUT2D eigenvalue weighted by molar-refractivity contribution is 0.286. The summed E-state index contributed by atoms with van der Waals surface area (Å²) in [4.78, 5) is 9.22. The first-order valence-corrected chi connectivity index (χ1v) is 8.12. The topological polar surface area (TPSA) is 118 Å². The molecular formula is C15H17ClN8. The summed E-state index contributed by atoms with van der Waals surface area (Å²) in [6, 6.07) is 1.76. The quantitative estimate of drug-likeness (QED) is 0.640. The molecule has 3 aromatic heterocycles. The Kier molecular flexibility index (Phi) is 3.67. The molecule has 0 aromatic carbocycles. The molecule has 0 bridgehead atoms. The molecule has 9 heteroatoms. The number of nitrogens with zero attached hydrogens (tertiary/aromatic N) is 5. The van der Waals surface area contributed by atoms with Crippen molar-refractivity contribution in [2.75, 3.05) is 13.1 Å². The highest BCUT2D eigenvalue weighted by Crippen LogP contribution is 2.32. The smallest absolute Gasteiger partial charge is 0.200 e. The second kappa shape index (κ2) is 5.73. The van der Waals surface area contributed by atoms with Crippen LogP contribution in [0.3, 0.4) is 0 Å². The molecule has 2 atom stereocenters. The van der Waals surface area contributed by atoms with Crippen LogP contribution in [0.25, 0.3) is 22.4 Å². The van der Waals surface area contributed by atoms with E-state index in [4.69, 9.17) is 17.3 Å². The van der Waals surface area contributed by atoms with Crippen LogP contribution in [0, 0.1) is 0 Å². The normalized spacial score (nSPS) is 24.4. The summed E-state index contributed by atoms with van der Waals surface area (Å²) in [6.45, 7) is 3.76. The van der Waals surface area contributed by atoms with E-state index in [0.29, 0.717) is 27.6 Å². The number of aromatic nitrogens is 6. The van der Waals surface area contributed by atoms with Gasteiger partial charge in [-0.05, 0) is 26.0 Å². The zero-order valence-corrected chi connectivity index (χ0v) is 13.9. The fourth-order valence-corrected chi connectivity index (χ4v) is 3.32. The Bertz CT molecular complexity index is 890. The van der Waals surface area contributed by atoms with Crippen molar-refractivity contribution in [3.05, 3.63) is 29.3 Å². The molecule has 8 nitrogen and oxygen atoms in total. The average molecular weight is 345 g/mol. The van der Waals surface area contributed by atoms with Crippen LogP contribution in [0.1, 0.15) is 25.0 Å². The van der Waals surface area contributed by atoms with E-state index in [2.05, 4.69) is 42.6 Å². The molecule has 0 aliphatic carbocycles. The molecule has 124 valence electrons. The molecule has 1 aliphatic heterocycles. The van der Waals surface area contributed by atoms with Crippen LogP contribution in [-0.2, 0) is 0 Å². The van der Waals surface area contributed by atoms with Gasteiger partial charge in [0.1, 0.15) is 5.52 Å². The molecule has 0 radical (unpaired) electrons. The highest BCUT2D eigenvalue weighted by molar-refractivity contribution is 6.32. The highest BCUT2D eigenvalue weighted by Gasteiger charge is 2.35. The van der Waals surface area contributed by atoms with Gasteiger partial charge in [0.15, 0.2) is 5.15 Å². The fourth-order valence-electron chi connectivity index (χ4n) is 3.12. The monoisotopic (exact) mass is 344 g/mol. The van der Waals surface area contributed by atoms with Gasteiger partial charge in [-0.3, -0.25) is 5.10 Å². The van der Waals surface area contributed by atoms with Crippen molar-refractivity contribution < 1.29 is 0 Å². The first kappa shape index (κ1) is 15.4. The molecule has 1 aliphatic rings. The third kappa shape index (κ3) is 2.52. The van der Waals surface area contributed by atoms with E-state index in [1.807, 2.05) is 0 Å². The van der Waals surface area contributed by atoms with E-state index in [0.717, 1.165) is 25.2 Å². The number of rotatable bonds is 2. The molecule has 24 heavy (non-hydrogen) atoms. The predicted molar refractivity (Wildman–Crippen MR) is 90.5 cm³/mol. The number of hydrogen-bond donors (Lipinski definition) is 3. The third-order valence-corrected chi connectivity index (χ3v) is 4.85. The lowest BCUT2D eigenvalue weighted by Crippen LogP contribution is -2.53. The molecule has 1 fully saturated rings. The first-order chi connectivity index (χ1) is 11.6. The zero-order chi connectivity index (χ0) is 16.7. The van der Waals surface area contributed by atoms with Gasteiger partial charge in [0.05, 0.1) is 17.6 Å². The van der Waals surface area contributed by atoms with E-state index < -0.39 is 0 Å². The molecule has 4 rings (SSSR count). The number of hydrogen-bond acceptors (Lipinski definition) is 7. The maximum atomic E-state index is 6.45. The lowest BCUT2D eigenvalue weighted by Gasteiger charge is -2.38. The van der Waals surface area contributed by atoms with Crippen LogP contribution < -0.4 is 11.1 Å². The molecular weight excluding hydrogens is 328 g/mol. The summed E-state index contributed by atoms with van der Waals surface area (Å²) >= 11 is 6.11. The van der Waals surface area contributed by atoms with Crippen molar-refractivity contribution in [3.8, 4) is 11.3 Å². The Labute approximate surface area is 143 Å². The van der Waals surface area contributed by atoms with Gasteiger partial charge in [0.25, 0.3) is 0 Å². The van der Waals surface area contributed by atoms with Gasteiger partial charge in [0, 0.05) is 29.8 Å². The first-order valence-electron chi connectivity index (χ1n) is 7.74. The Morgan fingerprint density at radius 1 is 1.42 bits per heavy atom. The number of aromatic amines is 1. The van der Waals surface area contributed by atoms with Crippen LogP contribution in [0.4, 0.5) is 0 Å². The SMILES string of the molecule is CC1(N)CCNCC1c1cnc2c(-c3ccnnc3Cl)[nH]nc2n1. The van der Waals surface area contributed by atoms with E-state index in [9.17, 15) is 0 Å². The summed E-state index contributed by atoms with van der Waals surface area (Å²) in [6.07, 6.45) is 4.23. The minimum Gasteiger partial charge on any atom is -0.325 e. The highest BCUT2D eigenvalue weighted by atomic mass is 35.5. The zero-order valence-electron chi connectivity index (χ0n) is 13.1. The summed E-state index contributed by atoms with van der Waals surface area (Å²) in [5.41, 5.74) is 9.54. The van der Waals surface area contributed by atoms with Crippen LogP contribution in [0.2, 0.25) is 5.15 Å². The number of halogens is 1. The van der Waals surface area contributed by atoms with Gasteiger partial charge in [-0.15, -0.1) is 5.10 Å². The summed E-state index contributed by atoms with van der Waals surface area (Å²) in [7, 11) is 0. The summed E-state index contributed by atoms with van der Waals surface area (Å²) in [5, 5.41) is 18.5. The average Bonchev–Trinajstić information content (AvgIpc) is 2.98. The Balaban J connectivity index is 1.77. The predicted octanol–water partition coefficient (Wildman–Crippen LogP) is 1.26. The summed E-state index contributed by atoms with van der Waals surface area (Å²) < 4.78 is 0. The molecule has 0 saturated carbocycles. The second-order valence-corrected chi connectivity index (χ2v) is 6.67. The second-order valence-electron chi connectivity index (χ2n) is 6.31. The molecule has 4 N–H and O–H groups in total. The number of piperidine rings is 1. The maximum Gasteiger partial charge on any atom is 0.200 e. The van der Waals surface area contributed by atoms with Crippen LogP contribution in [-0.4, -0.2) is 49.0 Å². The van der Waals surface area contributed by atoms with Crippen molar-refractivity contribution in [1.29, 1.82) is 0 Å². The number of nitrogens with two attached hydrogens (primary N) is 1. The minimum absolute atomic E-state index is 0.0921. The number of H-pyrrole nitrogens is 1. The maximum absolute atomic E-state index is 6.45. The van der Waals surface area contributed by atoms with E-state index in [1.165, 1.54) is 0 Å². The Morgan fingerprint density at radius 2 is 2.29 bits per heavy atom.